The van der Waals surface area contributed by atoms with Crippen LogP contribution in [-0.2, 0) is 0 Å². The van der Waals surface area contributed by atoms with Crippen molar-refractivity contribution in [3.05, 3.63) is 62.0 Å². The molecule has 28 heavy (non-hydrogen) atoms. The van der Waals surface area contributed by atoms with E-state index in [-0.39, 0.29) is 11.0 Å². The van der Waals surface area contributed by atoms with E-state index in [4.69, 9.17) is 47.0 Å². The Kier molecular flexibility index (Phi) is 8.43. The summed E-state index contributed by atoms with van der Waals surface area (Å²) in [5.41, 5.74) is 3.05. The first-order valence-corrected chi connectivity index (χ1v) is 11.1. The second-order valence-corrected chi connectivity index (χ2v) is 10.5. The van der Waals surface area contributed by atoms with E-state index in [1.807, 2.05) is 38.1 Å². The summed E-state index contributed by atoms with van der Waals surface area (Å²) in [6, 6.07) is 11.0. The molecule has 0 aromatic heterocycles. The maximum atomic E-state index is 12.6. The van der Waals surface area contributed by atoms with Crippen LogP contribution in [0, 0.1) is 13.8 Å². The Labute approximate surface area is 200 Å². The number of carbonyl (C=O) groups is 1. The van der Waals surface area contributed by atoms with E-state index in [1.54, 1.807) is 12.1 Å². The maximum Gasteiger partial charge on any atom is 0.253 e. The van der Waals surface area contributed by atoms with Crippen molar-refractivity contribution >= 4 is 95.6 Å². The molecule has 0 aliphatic carbocycles. The molecule has 1 amide bonds. The molecule has 1 unspecified atom stereocenters. The summed E-state index contributed by atoms with van der Waals surface area (Å²) in [4.78, 5) is 12.6. The highest BCUT2D eigenvalue weighted by Crippen LogP contribution is 2.33. The summed E-state index contributed by atoms with van der Waals surface area (Å²) in [5, 5.41) is 8.72. The zero-order valence-corrected chi connectivity index (χ0v) is 21.0. The van der Waals surface area contributed by atoms with Gasteiger partial charge in [-0.25, -0.2) is 0 Å². The summed E-state index contributed by atoms with van der Waals surface area (Å²) < 4.78 is -0.234. The maximum absolute atomic E-state index is 12.6. The van der Waals surface area contributed by atoms with Crippen LogP contribution in [0.4, 0.5) is 5.69 Å². The zero-order chi connectivity index (χ0) is 21.1. The largest absolute Gasteiger partial charge is 0.339 e. The van der Waals surface area contributed by atoms with Crippen molar-refractivity contribution in [2.45, 2.75) is 23.8 Å². The van der Waals surface area contributed by atoms with Gasteiger partial charge in [-0.15, -0.1) is 0 Å². The van der Waals surface area contributed by atoms with Crippen molar-refractivity contribution in [2.24, 2.45) is 0 Å². The molecule has 4 nitrogen and oxygen atoms in total. The third-order valence-electron chi connectivity index (χ3n) is 3.69. The molecule has 0 heterocycles. The lowest BCUT2D eigenvalue weighted by Gasteiger charge is -2.28. The quantitative estimate of drug-likeness (QED) is 0.225. The lowest BCUT2D eigenvalue weighted by atomic mass is 10.1. The first kappa shape index (κ1) is 23.7. The molecule has 2 aromatic carbocycles. The first-order valence-electron chi connectivity index (χ1n) is 7.95. The van der Waals surface area contributed by atoms with Gasteiger partial charge in [0.15, 0.2) is 5.11 Å². The van der Waals surface area contributed by atoms with Crippen LogP contribution in [-0.4, -0.2) is 21.0 Å². The SMILES string of the molecule is Cc1cc(Br)c(NC(=S)NC(NC(=O)c2ccccc2C)C(Cl)(Cl)Cl)c(Br)c1. The average molecular weight is 589 g/mol. The highest BCUT2D eigenvalue weighted by molar-refractivity contribution is 9.11. The Balaban J connectivity index is 2.16. The van der Waals surface area contributed by atoms with Gasteiger partial charge >= 0.3 is 0 Å². The van der Waals surface area contributed by atoms with Gasteiger partial charge in [-0.2, -0.15) is 0 Å². The predicted octanol–water partition coefficient (Wildman–Crippen LogP) is 6.24. The Morgan fingerprint density at radius 3 is 2.18 bits per heavy atom. The standard InChI is InChI=1S/C18H16Br2Cl3N3OS/c1-9-7-12(19)14(13(20)8-9)24-17(28)26-16(18(21,22)23)25-15(27)11-6-4-3-5-10(11)2/h3-8,16H,1-2H3,(H,25,27)(H2,24,26,28). The summed E-state index contributed by atoms with van der Waals surface area (Å²) in [6.45, 7) is 3.79. The van der Waals surface area contributed by atoms with Gasteiger partial charge < -0.3 is 16.0 Å². The number of halogens is 5. The fourth-order valence-electron chi connectivity index (χ4n) is 2.34. The van der Waals surface area contributed by atoms with Crippen molar-refractivity contribution < 1.29 is 4.79 Å². The number of carbonyl (C=O) groups excluding carboxylic acids is 1. The average Bonchev–Trinajstić information content (AvgIpc) is 2.57. The molecule has 2 rings (SSSR count). The number of thiocarbonyl (C=S) groups is 1. The fourth-order valence-corrected chi connectivity index (χ4v) is 4.50. The molecule has 0 saturated carbocycles. The lowest BCUT2D eigenvalue weighted by Crippen LogP contribution is -2.56. The van der Waals surface area contributed by atoms with Crippen LogP contribution in [0.25, 0.3) is 0 Å². The molecule has 10 heteroatoms. The predicted molar refractivity (Wildman–Crippen MR) is 129 cm³/mol. The van der Waals surface area contributed by atoms with E-state index in [0.717, 1.165) is 20.1 Å². The second-order valence-electron chi connectivity index (χ2n) is 5.97. The number of alkyl halides is 3. The second kappa shape index (κ2) is 9.96. The van der Waals surface area contributed by atoms with Crippen LogP contribution in [0.15, 0.2) is 45.3 Å². The van der Waals surface area contributed by atoms with Gasteiger partial charge in [0.2, 0.25) is 3.79 Å². The zero-order valence-electron chi connectivity index (χ0n) is 14.7. The van der Waals surface area contributed by atoms with Gasteiger partial charge in [0.05, 0.1) is 5.69 Å². The smallest absolute Gasteiger partial charge is 0.253 e. The van der Waals surface area contributed by atoms with Crippen molar-refractivity contribution in [1.29, 1.82) is 0 Å². The third-order valence-corrected chi connectivity index (χ3v) is 5.82. The van der Waals surface area contributed by atoms with Crippen LogP contribution in [0.3, 0.4) is 0 Å². The van der Waals surface area contributed by atoms with Crippen molar-refractivity contribution in [2.75, 3.05) is 5.32 Å². The molecule has 0 saturated heterocycles. The van der Waals surface area contributed by atoms with Crippen molar-refractivity contribution in [3.63, 3.8) is 0 Å². The van der Waals surface area contributed by atoms with E-state index in [2.05, 4.69) is 47.8 Å². The summed E-state index contributed by atoms with van der Waals surface area (Å²) >= 11 is 30.4. The highest BCUT2D eigenvalue weighted by atomic mass is 79.9. The van der Waals surface area contributed by atoms with E-state index >= 15 is 0 Å². The molecule has 0 fully saturated rings. The number of anilines is 1. The van der Waals surface area contributed by atoms with Gasteiger partial charge in [-0.3, -0.25) is 4.79 Å². The molecule has 150 valence electrons. The van der Waals surface area contributed by atoms with Gasteiger partial charge in [-0.05, 0) is 87.3 Å². The molecular weight excluding hydrogens is 572 g/mol. The number of rotatable bonds is 4. The first-order chi connectivity index (χ1) is 13.0. The Morgan fingerprint density at radius 1 is 1.07 bits per heavy atom. The van der Waals surface area contributed by atoms with Crippen LogP contribution in [0.2, 0.25) is 0 Å². The minimum atomic E-state index is -1.84. The number of benzene rings is 2. The van der Waals surface area contributed by atoms with Crippen LogP contribution in [0.1, 0.15) is 21.5 Å². The highest BCUT2D eigenvalue weighted by Gasteiger charge is 2.35. The Bertz CT molecular complexity index is 883. The molecule has 2 aromatic rings. The molecule has 3 N–H and O–H groups in total. The molecule has 1 atom stereocenters. The van der Waals surface area contributed by atoms with E-state index < -0.39 is 9.96 Å². The van der Waals surface area contributed by atoms with Crippen LogP contribution < -0.4 is 16.0 Å². The molecule has 0 aliphatic rings. The monoisotopic (exact) mass is 585 g/mol. The Morgan fingerprint density at radius 2 is 1.64 bits per heavy atom. The fraction of sp³-hybridized carbons (Fsp3) is 0.222. The third kappa shape index (κ3) is 6.47. The van der Waals surface area contributed by atoms with Gasteiger partial charge in [0, 0.05) is 14.5 Å². The molecule has 0 bridgehead atoms. The summed E-state index contributed by atoms with van der Waals surface area (Å²) in [5.74, 6) is -0.387. The minimum Gasteiger partial charge on any atom is -0.339 e. The number of hydrogen-bond acceptors (Lipinski definition) is 2. The van der Waals surface area contributed by atoms with Crippen molar-refractivity contribution in [3.8, 4) is 0 Å². The molecular formula is C18H16Br2Cl3N3OS. The number of aryl methyl sites for hydroxylation is 2. The molecule has 0 aliphatic heterocycles. The Hall–Kier alpha value is -0.570. The van der Waals surface area contributed by atoms with Crippen LogP contribution >= 0.6 is 78.9 Å². The van der Waals surface area contributed by atoms with Gasteiger partial charge in [0.1, 0.15) is 6.17 Å². The lowest BCUT2D eigenvalue weighted by molar-refractivity contribution is 0.0934. The normalized spacial score (nSPS) is 12.2. The number of nitrogens with one attached hydrogen (secondary N) is 3. The van der Waals surface area contributed by atoms with Gasteiger partial charge in [-0.1, -0.05) is 53.0 Å². The van der Waals surface area contributed by atoms with Crippen molar-refractivity contribution in [1.82, 2.24) is 10.6 Å². The molecule has 0 spiro atoms. The van der Waals surface area contributed by atoms with E-state index in [0.29, 0.717) is 11.3 Å². The van der Waals surface area contributed by atoms with Gasteiger partial charge in [0.25, 0.3) is 5.91 Å². The number of hydrogen-bond donors (Lipinski definition) is 3. The summed E-state index contributed by atoms with van der Waals surface area (Å²) in [7, 11) is 0. The van der Waals surface area contributed by atoms with Crippen LogP contribution in [0.5, 0.6) is 0 Å². The molecule has 0 radical (unpaired) electrons. The minimum absolute atomic E-state index is 0.173. The van der Waals surface area contributed by atoms with E-state index in [9.17, 15) is 4.79 Å². The van der Waals surface area contributed by atoms with E-state index in [1.165, 1.54) is 0 Å². The summed E-state index contributed by atoms with van der Waals surface area (Å²) in [6.07, 6.45) is -1.06. The topological polar surface area (TPSA) is 53.2 Å². The number of amides is 1.